The third-order valence-electron chi connectivity index (χ3n) is 2.34. The zero-order valence-corrected chi connectivity index (χ0v) is 10.7. The maximum absolute atomic E-state index is 9.00. The largest absolute Gasteiger partial charge is 0.395 e. The number of nitrogens with zero attached hydrogens (tertiary/aromatic N) is 1. The van der Waals surface area contributed by atoms with E-state index in [-0.39, 0.29) is 6.61 Å². The molecule has 0 aliphatic heterocycles. The molecule has 0 amide bonds. The standard InChI is InChI=1S/C12H18BrNO/c1-2-3-8-14(9-10-15)12-6-4-11(13)5-7-12/h4-7,15H,2-3,8-10H2,1H3. The van der Waals surface area contributed by atoms with E-state index >= 15 is 0 Å². The van der Waals surface area contributed by atoms with Gasteiger partial charge in [0.15, 0.2) is 0 Å². The van der Waals surface area contributed by atoms with Gasteiger partial charge < -0.3 is 10.0 Å². The van der Waals surface area contributed by atoms with Crippen molar-refractivity contribution in [3.63, 3.8) is 0 Å². The number of aliphatic hydroxyl groups is 1. The predicted octanol–water partition coefficient (Wildman–Crippen LogP) is 3.05. The van der Waals surface area contributed by atoms with Crippen molar-refractivity contribution in [1.29, 1.82) is 0 Å². The summed E-state index contributed by atoms with van der Waals surface area (Å²) >= 11 is 3.42. The van der Waals surface area contributed by atoms with Crippen molar-refractivity contribution in [3.8, 4) is 0 Å². The van der Waals surface area contributed by atoms with Crippen molar-refractivity contribution in [3.05, 3.63) is 28.7 Å². The fourth-order valence-corrected chi connectivity index (χ4v) is 1.76. The Morgan fingerprint density at radius 1 is 1.20 bits per heavy atom. The van der Waals surface area contributed by atoms with Gasteiger partial charge in [0.25, 0.3) is 0 Å². The van der Waals surface area contributed by atoms with Gasteiger partial charge >= 0.3 is 0 Å². The first-order valence-corrected chi connectivity index (χ1v) is 6.18. The Hall–Kier alpha value is -0.540. The summed E-state index contributed by atoms with van der Waals surface area (Å²) in [6.45, 7) is 4.11. The minimum absolute atomic E-state index is 0.208. The number of rotatable bonds is 6. The summed E-state index contributed by atoms with van der Waals surface area (Å²) in [5.74, 6) is 0. The van der Waals surface area contributed by atoms with E-state index < -0.39 is 0 Å². The lowest BCUT2D eigenvalue weighted by Gasteiger charge is -2.23. The molecule has 3 heteroatoms. The molecule has 15 heavy (non-hydrogen) atoms. The lowest BCUT2D eigenvalue weighted by atomic mass is 10.2. The van der Waals surface area contributed by atoms with Gasteiger partial charge in [-0.3, -0.25) is 0 Å². The molecule has 0 aliphatic rings. The van der Waals surface area contributed by atoms with Crippen LogP contribution in [0.25, 0.3) is 0 Å². The highest BCUT2D eigenvalue weighted by atomic mass is 79.9. The predicted molar refractivity (Wildman–Crippen MR) is 68.3 cm³/mol. The molecule has 0 atom stereocenters. The molecular weight excluding hydrogens is 254 g/mol. The highest BCUT2D eigenvalue weighted by Gasteiger charge is 2.04. The number of benzene rings is 1. The highest BCUT2D eigenvalue weighted by molar-refractivity contribution is 9.10. The molecule has 0 aliphatic carbocycles. The molecule has 0 unspecified atom stereocenters. The Bertz CT molecular complexity index is 273. The lowest BCUT2D eigenvalue weighted by Crippen LogP contribution is -2.27. The van der Waals surface area contributed by atoms with E-state index in [2.05, 4.69) is 39.9 Å². The van der Waals surface area contributed by atoms with Gasteiger partial charge in [0.1, 0.15) is 0 Å². The normalized spacial score (nSPS) is 10.3. The minimum Gasteiger partial charge on any atom is -0.395 e. The number of hydrogen-bond acceptors (Lipinski definition) is 2. The Balaban J connectivity index is 2.65. The first-order chi connectivity index (χ1) is 7.27. The SMILES string of the molecule is CCCCN(CCO)c1ccc(Br)cc1. The van der Waals surface area contributed by atoms with Crippen LogP contribution in [-0.2, 0) is 0 Å². The molecule has 1 aromatic carbocycles. The van der Waals surface area contributed by atoms with Crippen LogP contribution in [0.15, 0.2) is 28.7 Å². The van der Waals surface area contributed by atoms with Gasteiger partial charge in [0, 0.05) is 23.2 Å². The average Bonchev–Trinajstić information content (AvgIpc) is 2.25. The molecule has 1 rings (SSSR count). The number of anilines is 1. The molecule has 0 radical (unpaired) electrons. The quantitative estimate of drug-likeness (QED) is 0.860. The number of unbranched alkanes of at least 4 members (excludes halogenated alkanes) is 1. The van der Waals surface area contributed by atoms with Crippen molar-refractivity contribution in [2.75, 3.05) is 24.6 Å². The van der Waals surface area contributed by atoms with Crippen molar-refractivity contribution < 1.29 is 5.11 Å². The molecule has 0 spiro atoms. The van der Waals surface area contributed by atoms with E-state index in [1.165, 1.54) is 12.1 Å². The zero-order chi connectivity index (χ0) is 11.1. The van der Waals surface area contributed by atoms with Gasteiger partial charge in [-0.2, -0.15) is 0 Å². The van der Waals surface area contributed by atoms with Crippen molar-refractivity contribution in [2.45, 2.75) is 19.8 Å². The average molecular weight is 272 g/mol. The zero-order valence-electron chi connectivity index (χ0n) is 9.12. The van der Waals surface area contributed by atoms with Crippen LogP contribution in [0.5, 0.6) is 0 Å². The van der Waals surface area contributed by atoms with E-state index in [9.17, 15) is 0 Å². The molecular formula is C12H18BrNO. The van der Waals surface area contributed by atoms with Crippen LogP contribution in [-0.4, -0.2) is 24.8 Å². The Morgan fingerprint density at radius 3 is 2.40 bits per heavy atom. The van der Waals surface area contributed by atoms with Crippen LogP contribution in [0, 0.1) is 0 Å². The number of halogens is 1. The van der Waals surface area contributed by atoms with Crippen LogP contribution in [0.3, 0.4) is 0 Å². The molecule has 0 bridgehead atoms. The summed E-state index contributed by atoms with van der Waals surface area (Å²) in [5.41, 5.74) is 1.18. The third-order valence-corrected chi connectivity index (χ3v) is 2.87. The summed E-state index contributed by atoms with van der Waals surface area (Å²) in [6.07, 6.45) is 2.34. The fraction of sp³-hybridized carbons (Fsp3) is 0.500. The lowest BCUT2D eigenvalue weighted by molar-refractivity contribution is 0.301. The fourth-order valence-electron chi connectivity index (χ4n) is 1.49. The second kappa shape index (κ2) is 6.85. The number of aliphatic hydroxyl groups excluding tert-OH is 1. The molecule has 0 aromatic heterocycles. The highest BCUT2D eigenvalue weighted by Crippen LogP contribution is 2.18. The maximum Gasteiger partial charge on any atom is 0.0606 e. The summed E-state index contributed by atoms with van der Waals surface area (Å²) in [7, 11) is 0. The van der Waals surface area contributed by atoms with E-state index in [1.54, 1.807) is 0 Å². The van der Waals surface area contributed by atoms with Gasteiger partial charge in [-0.1, -0.05) is 29.3 Å². The molecule has 0 fully saturated rings. The van der Waals surface area contributed by atoms with Gasteiger partial charge in [-0.15, -0.1) is 0 Å². The maximum atomic E-state index is 9.00. The smallest absolute Gasteiger partial charge is 0.0606 e. The van der Waals surface area contributed by atoms with Crippen LogP contribution < -0.4 is 4.90 Å². The summed E-state index contributed by atoms with van der Waals surface area (Å²) in [6, 6.07) is 8.22. The Labute approximate surface area is 100 Å². The first kappa shape index (κ1) is 12.5. The van der Waals surface area contributed by atoms with Gasteiger partial charge in [-0.25, -0.2) is 0 Å². The Kier molecular flexibility index (Phi) is 5.73. The van der Waals surface area contributed by atoms with Crippen molar-refractivity contribution in [1.82, 2.24) is 0 Å². The summed E-state index contributed by atoms with van der Waals surface area (Å²) in [5, 5.41) is 9.00. The molecule has 0 saturated carbocycles. The summed E-state index contributed by atoms with van der Waals surface area (Å²) < 4.78 is 1.09. The van der Waals surface area contributed by atoms with Crippen LogP contribution >= 0.6 is 15.9 Å². The third kappa shape index (κ3) is 4.22. The van der Waals surface area contributed by atoms with Gasteiger partial charge in [0.2, 0.25) is 0 Å². The van der Waals surface area contributed by atoms with Crippen LogP contribution in [0.2, 0.25) is 0 Å². The van der Waals surface area contributed by atoms with Gasteiger partial charge in [0.05, 0.1) is 6.61 Å². The van der Waals surface area contributed by atoms with E-state index in [0.717, 1.165) is 17.4 Å². The molecule has 0 saturated heterocycles. The van der Waals surface area contributed by atoms with E-state index in [1.807, 2.05) is 12.1 Å². The van der Waals surface area contributed by atoms with Gasteiger partial charge in [-0.05, 0) is 30.7 Å². The topological polar surface area (TPSA) is 23.5 Å². The van der Waals surface area contributed by atoms with Crippen molar-refractivity contribution >= 4 is 21.6 Å². The number of hydrogen-bond donors (Lipinski definition) is 1. The molecule has 0 heterocycles. The Morgan fingerprint density at radius 2 is 1.87 bits per heavy atom. The second-order valence-corrected chi connectivity index (χ2v) is 4.46. The summed E-state index contributed by atoms with van der Waals surface area (Å²) in [4.78, 5) is 2.22. The van der Waals surface area contributed by atoms with E-state index in [4.69, 9.17) is 5.11 Å². The molecule has 1 aromatic rings. The minimum atomic E-state index is 0.208. The van der Waals surface area contributed by atoms with Crippen LogP contribution in [0.4, 0.5) is 5.69 Å². The molecule has 1 N–H and O–H groups in total. The van der Waals surface area contributed by atoms with Crippen LogP contribution in [0.1, 0.15) is 19.8 Å². The molecule has 84 valence electrons. The first-order valence-electron chi connectivity index (χ1n) is 5.39. The van der Waals surface area contributed by atoms with E-state index in [0.29, 0.717) is 6.54 Å². The second-order valence-electron chi connectivity index (χ2n) is 3.54. The van der Waals surface area contributed by atoms with Crippen molar-refractivity contribution in [2.24, 2.45) is 0 Å². The monoisotopic (exact) mass is 271 g/mol. The molecule has 2 nitrogen and oxygen atoms in total.